The third kappa shape index (κ3) is 3.21. The molecule has 6 rings (SSSR count). The van der Waals surface area contributed by atoms with Gasteiger partial charge in [-0.3, -0.25) is 0 Å². The van der Waals surface area contributed by atoms with Crippen LogP contribution in [0.4, 0.5) is 0 Å². The summed E-state index contributed by atoms with van der Waals surface area (Å²) < 4.78 is 6.33. The second-order valence-electron chi connectivity index (χ2n) is 8.64. The zero-order valence-electron chi connectivity index (χ0n) is 17.1. The van der Waals surface area contributed by atoms with Crippen molar-refractivity contribution < 1.29 is 4.74 Å². The van der Waals surface area contributed by atoms with Gasteiger partial charge in [-0.05, 0) is 62.6 Å². The average molecular weight is 399 g/mol. The van der Waals surface area contributed by atoms with Crippen molar-refractivity contribution >= 4 is 21.9 Å². The number of nitrogens with one attached hydrogen (secondary N) is 1. The van der Waals surface area contributed by atoms with Gasteiger partial charge >= 0.3 is 0 Å². The molecule has 30 heavy (non-hydrogen) atoms. The molecule has 2 fully saturated rings. The van der Waals surface area contributed by atoms with Gasteiger partial charge in [0.15, 0.2) is 0 Å². The SMILES string of the molecule is CN1CCC(Oc2ncnc3ccc(-c4c[nH]c5nc(C6CC6)ccc45)cc23)CC1. The first kappa shape index (κ1) is 17.8. The van der Waals surface area contributed by atoms with Gasteiger partial charge < -0.3 is 14.6 Å². The fourth-order valence-electron chi connectivity index (χ4n) is 4.42. The Labute approximate surface area is 175 Å². The molecule has 0 atom stereocenters. The monoisotopic (exact) mass is 399 g/mol. The highest BCUT2D eigenvalue weighted by molar-refractivity contribution is 5.97. The van der Waals surface area contributed by atoms with E-state index in [-0.39, 0.29) is 6.10 Å². The van der Waals surface area contributed by atoms with E-state index in [0.29, 0.717) is 11.8 Å². The number of aromatic nitrogens is 4. The molecule has 4 aromatic rings. The molecule has 1 N–H and O–H groups in total. The number of piperidine rings is 1. The highest BCUT2D eigenvalue weighted by atomic mass is 16.5. The minimum absolute atomic E-state index is 0.209. The first-order chi connectivity index (χ1) is 14.7. The molecule has 0 amide bonds. The van der Waals surface area contributed by atoms with E-state index in [1.807, 2.05) is 0 Å². The Bertz CT molecular complexity index is 1220. The van der Waals surface area contributed by atoms with Gasteiger partial charge in [0, 0.05) is 41.8 Å². The smallest absolute Gasteiger partial charge is 0.224 e. The number of hydrogen-bond donors (Lipinski definition) is 1. The van der Waals surface area contributed by atoms with Crippen LogP contribution in [0.1, 0.15) is 37.3 Å². The van der Waals surface area contributed by atoms with Gasteiger partial charge in [0.2, 0.25) is 5.88 Å². The molecule has 152 valence electrons. The number of rotatable bonds is 4. The minimum Gasteiger partial charge on any atom is -0.474 e. The molecular weight excluding hydrogens is 374 g/mol. The van der Waals surface area contributed by atoms with E-state index in [4.69, 9.17) is 9.72 Å². The Morgan fingerprint density at radius 1 is 1.00 bits per heavy atom. The zero-order chi connectivity index (χ0) is 20.1. The van der Waals surface area contributed by atoms with Crippen molar-refractivity contribution in [3.8, 4) is 17.0 Å². The van der Waals surface area contributed by atoms with Gasteiger partial charge in [0.1, 0.15) is 18.1 Å². The second-order valence-corrected chi connectivity index (χ2v) is 8.64. The summed E-state index contributed by atoms with van der Waals surface area (Å²) in [5.74, 6) is 1.34. The normalized spacial score (nSPS) is 18.3. The quantitative estimate of drug-likeness (QED) is 0.546. The first-order valence-corrected chi connectivity index (χ1v) is 10.8. The summed E-state index contributed by atoms with van der Waals surface area (Å²) in [5, 5.41) is 2.11. The van der Waals surface area contributed by atoms with Crippen molar-refractivity contribution in [2.75, 3.05) is 20.1 Å². The summed E-state index contributed by atoms with van der Waals surface area (Å²) in [5.41, 5.74) is 5.34. The molecule has 1 aliphatic carbocycles. The largest absolute Gasteiger partial charge is 0.474 e. The molecule has 1 saturated carbocycles. The number of benzene rings is 1. The van der Waals surface area contributed by atoms with Gasteiger partial charge in [-0.15, -0.1) is 0 Å². The average Bonchev–Trinajstić information content (AvgIpc) is 3.54. The zero-order valence-corrected chi connectivity index (χ0v) is 17.1. The Balaban J connectivity index is 1.37. The van der Waals surface area contributed by atoms with E-state index >= 15 is 0 Å². The summed E-state index contributed by atoms with van der Waals surface area (Å²) >= 11 is 0. The van der Waals surface area contributed by atoms with Crippen molar-refractivity contribution in [2.45, 2.75) is 37.7 Å². The number of H-pyrrole nitrogens is 1. The fraction of sp³-hybridized carbons (Fsp3) is 0.375. The van der Waals surface area contributed by atoms with E-state index in [1.54, 1.807) is 6.33 Å². The van der Waals surface area contributed by atoms with Crippen LogP contribution in [0.25, 0.3) is 33.1 Å². The maximum atomic E-state index is 6.33. The third-order valence-corrected chi connectivity index (χ3v) is 6.41. The van der Waals surface area contributed by atoms with Gasteiger partial charge in [-0.2, -0.15) is 0 Å². The molecule has 3 aromatic heterocycles. The fourth-order valence-corrected chi connectivity index (χ4v) is 4.42. The van der Waals surface area contributed by atoms with Crippen molar-refractivity contribution in [3.63, 3.8) is 0 Å². The van der Waals surface area contributed by atoms with Crippen LogP contribution in [0.5, 0.6) is 5.88 Å². The molecule has 1 aliphatic heterocycles. The topological polar surface area (TPSA) is 66.9 Å². The lowest BCUT2D eigenvalue weighted by molar-refractivity contribution is 0.111. The van der Waals surface area contributed by atoms with Crippen molar-refractivity contribution in [2.24, 2.45) is 0 Å². The molecule has 0 spiro atoms. The maximum absolute atomic E-state index is 6.33. The third-order valence-electron chi connectivity index (χ3n) is 6.41. The molecule has 0 radical (unpaired) electrons. The van der Waals surface area contributed by atoms with E-state index in [2.05, 4.69) is 63.4 Å². The highest BCUT2D eigenvalue weighted by Crippen LogP contribution is 2.40. The van der Waals surface area contributed by atoms with E-state index < -0.39 is 0 Å². The minimum atomic E-state index is 0.209. The lowest BCUT2D eigenvalue weighted by Crippen LogP contribution is -2.35. The summed E-state index contributed by atoms with van der Waals surface area (Å²) in [6.45, 7) is 2.12. The molecule has 2 aliphatic rings. The molecule has 0 bridgehead atoms. The number of hydrogen-bond acceptors (Lipinski definition) is 5. The molecule has 4 heterocycles. The number of ether oxygens (including phenoxy) is 1. The lowest BCUT2D eigenvalue weighted by Gasteiger charge is -2.29. The van der Waals surface area contributed by atoms with Crippen LogP contribution >= 0.6 is 0 Å². The van der Waals surface area contributed by atoms with Crippen molar-refractivity contribution in [1.29, 1.82) is 0 Å². The van der Waals surface area contributed by atoms with Crippen molar-refractivity contribution in [1.82, 2.24) is 24.8 Å². The standard InChI is InChI=1S/C24H25N5O/c1-29-10-8-17(9-11-29)30-24-19-12-16(4-6-22(19)26-14-27-24)20-13-25-23-18(20)5-7-21(28-23)15-2-3-15/h4-7,12-15,17H,2-3,8-11H2,1H3,(H,25,28). The molecule has 6 nitrogen and oxygen atoms in total. The van der Waals surface area contributed by atoms with Crippen LogP contribution in [-0.2, 0) is 0 Å². The first-order valence-electron chi connectivity index (χ1n) is 10.8. The van der Waals surface area contributed by atoms with E-state index in [9.17, 15) is 0 Å². The summed E-state index contributed by atoms with van der Waals surface area (Å²) in [4.78, 5) is 19.5. The molecule has 1 saturated heterocycles. The summed E-state index contributed by atoms with van der Waals surface area (Å²) in [6, 6.07) is 10.7. The highest BCUT2D eigenvalue weighted by Gasteiger charge is 2.25. The number of pyridine rings is 1. The van der Waals surface area contributed by atoms with Crippen LogP contribution in [0.2, 0.25) is 0 Å². The Morgan fingerprint density at radius 3 is 2.70 bits per heavy atom. The lowest BCUT2D eigenvalue weighted by atomic mass is 10.0. The molecule has 0 unspecified atom stereocenters. The Morgan fingerprint density at radius 2 is 1.87 bits per heavy atom. The van der Waals surface area contributed by atoms with Crippen LogP contribution < -0.4 is 4.74 Å². The Hall–Kier alpha value is -2.99. The summed E-state index contributed by atoms with van der Waals surface area (Å²) in [6.07, 6.45) is 8.44. The molecule has 6 heteroatoms. The van der Waals surface area contributed by atoms with Crippen LogP contribution in [0.15, 0.2) is 42.9 Å². The van der Waals surface area contributed by atoms with Gasteiger partial charge in [-0.25, -0.2) is 15.0 Å². The van der Waals surface area contributed by atoms with Crippen LogP contribution in [-0.4, -0.2) is 51.1 Å². The molecule has 1 aromatic carbocycles. The number of fused-ring (bicyclic) bond motifs is 2. The predicted octanol–water partition coefficient (Wildman–Crippen LogP) is 4.52. The predicted molar refractivity (Wildman–Crippen MR) is 118 cm³/mol. The number of likely N-dealkylation sites (tertiary alicyclic amines) is 1. The van der Waals surface area contributed by atoms with E-state index in [0.717, 1.165) is 59.0 Å². The van der Waals surface area contributed by atoms with Crippen LogP contribution in [0, 0.1) is 0 Å². The van der Waals surface area contributed by atoms with Crippen LogP contribution in [0.3, 0.4) is 0 Å². The van der Waals surface area contributed by atoms with Gasteiger partial charge in [0.25, 0.3) is 0 Å². The van der Waals surface area contributed by atoms with Gasteiger partial charge in [-0.1, -0.05) is 6.07 Å². The van der Waals surface area contributed by atoms with Crippen molar-refractivity contribution in [3.05, 3.63) is 48.5 Å². The Kier molecular flexibility index (Phi) is 4.20. The summed E-state index contributed by atoms with van der Waals surface area (Å²) in [7, 11) is 2.16. The van der Waals surface area contributed by atoms with Gasteiger partial charge in [0.05, 0.1) is 10.9 Å². The number of aromatic amines is 1. The number of nitrogens with zero attached hydrogens (tertiary/aromatic N) is 4. The second kappa shape index (κ2) is 7.06. The van der Waals surface area contributed by atoms with E-state index in [1.165, 1.54) is 18.5 Å². The maximum Gasteiger partial charge on any atom is 0.224 e. The molecular formula is C24H25N5O.